The van der Waals surface area contributed by atoms with Crippen molar-refractivity contribution in [2.45, 2.75) is 168 Å². The lowest BCUT2D eigenvalue weighted by molar-refractivity contribution is -0.145. The highest BCUT2D eigenvalue weighted by atomic mass is 16.2. The van der Waals surface area contributed by atoms with Crippen LogP contribution in [0.3, 0.4) is 0 Å². The summed E-state index contributed by atoms with van der Waals surface area (Å²) in [4.78, 5) is 101. The molecule has 1 spiro atoms. The standard InChI is InChI=1S/C39H66N8O7/c1-10-16-26(30(49)34(52)40-25-19-20-25)41-32(50)27-21-39(45(11-2)22-28(48)47(39)12-3)23-46(27)35(53)31(37(4,5)6)43-33(51)29(24-17-14-13-15-18-24)42-36(54)44-38(7,8)9/h24-27,29,31H,10-23H2,1-9H3,(H,40,52)(H,41,50)(H,43,51)(H2,42,44,54)/t26?,27-,29-,31+,39?/m0/s1. The van der Waals surface area contributed by atoms with Crippen LogP contribution in [0.4, 0.5) is 4.79 Å². The Labute approximate surface area is 321 Å². The molecule has 4 fully saturated rings. The third kappa shape index (κ3) is 10.1. The van der Waals surface area contributed by atoms with Gasteiger partial charge in [-0.1, -0.05) is 60.3 Å². The Hall–Kier alpha value is -3.75. The van der Waals surface area contributed by atoms with Crippen LogP contribution < -0.4 is 26.6 Å². The van der Waals surface area contributed by atoms with E-state index in [4.69, 9.17) is 0 Å². The molecule has 2 aliphatic heterocycles. The van der Waals surface area contributed by atoms with Crippen molar-refractivity contribution in [3.8, 4) is 0 Å². The first-order chi connectivity index (χ1) is 25.3. The quantitative estimate of drug-likeness (QED) is 0.167. The molecule has 15 heteroatoms. The number of rotatable bonds is 14. The molecule has 0 aromatic carbocycles. The second-order valence-electron chi connectivity index (χ2n) is 17.8. The molecule has 0 radical (unpaired) electrons. The van der Waals surface area contributed by atoms with Gasteiger partial charge in [-0.3, -0.25) is 33.7 Å². The minimum Gasteiger partial charge on any atom is -0.347 e. The van der Waals surface area contributed by atoms with Crippen LogP contribution in [0.5, 0.6) is 0 Å². The molecule has 2 unspecified atom stereocenters. The highest BCUT2D eigenvalue weighted by Gasteiger charge is 2.60. The first kappa shape index (κ1) is 43.0. The largest absolute Gasteiger partial charge is 0.347 e. The fraction of sp³-hybridized carbons (Fsp3) is 0.821. The van der Waals surface area contributed by atoms with Gasteiger partial charge in [-0.05, 0) is 77.7 Å². The monoisotopic (exact) mass is 759 g/mol. The van der Waals surface area contributed by atoms with Gasteiger partial charge in [0.05, 0.1) is 19.1 Å². The molecule has 5 N–H and O–H groups in total. The summed E-state index contributed by atoms with van der Waals surface area (Å²) in [6, 6.07) is -4.73. The molecule has 2 saturated carbocycles. The lowest BCUT2D eigenvalue weighted by Gasteiger charge is -2.40. The maximum atomic E-state index is 15.0. The Balaban J connectivity index is 1.68. The van der Waals surface area contributed by atoms with Crippen LogP contribution in [0.15, 0.2) is 0 Å². The molecule has 2 saturated heterocycles. The van der Waals surface area contributed by atoms with E-state index in [1.807, 2.05) is 67.2 Å². The highest BCUT2D eigenvalue weighted by Crippen LogP contribution is 2.41. The summed E-state index contributed by atoms with van der Waals surface area (Å²) >= 11 is 0. The van der Waals surface area contributed by atoms with Gasteiger partial charge in [0.2, 0.25) is 29.4 Å². The number of carbonyl (C=O) groups excluding carboxylic acids is 7. The number of urea groups is 1. The molecule has 2 aliphatic carbocycles. The number of ketones is 1. The average molecular weight is 759 g/mol. The summed E-state index contributed by atoms with van der Waals surface area (Å²) in [5.41, 5.74) is -2.36. The van der Waals surface area contributed by atoms with E-state index < -0.39 is 76.2 Å². The van der Waals surface area contributed by atoms with E-state index in [-0.39, 0.29) is 43.8 Å². The van der Waals surface area contributed by atoms with Crippen LogP contribution in [0, 0.1) is 11.3 Å². The molecule has 0 bridgehead atoms. The van der Waals surface area contributed by atoms with Crippen molar-refractivity contribution < 1.29 is 33.6 Å². The number of hydrogen-bond donors (Lipinski definition) is 5. The number of likely N-dealkylation sites (tertiary alicyclic amines) is 1. The Morgan fingerprint density at radius 3 is 2.04 bits per heavy atom. The second-order valence-corrected chi connectivity index (χ2v) is 17.8. The van der Waals surface area contributed by atoms with Crippen LogP contribution in [-0.4, -0.2) is 124 Å². The summed E-state index contributed by atoms with van der Waals surface area (Å²) in [5, 5.41) is 14.3. The molecule has 2 heterocycles. The van der Waals surface area contributed by atoms with Crippen molar-refractivity contribution in [1.82, 2.24) is 41.3 Å². The Kier molecular flexibility index (Phi) is 13.8. The van der Waals surface area contributed by atoms with Gasteiger partial charge >= 0.3 is 6.03 Å². The van der Waals surface area contributed by atoms with E-state index in [9.17, 15) is 28.8 Å². The number of nitrogens with zero attached hydrogens (tertiary/aromatic N) is 3. The van der Waals surface area contributed by atoms with Crippen molar-refractivity contribution in [2.24, 2.45) is 11.3 Å². The zero-order chi connectivity index (χ0) is 40.2. The highest BCUT2D eigenvalue weighted by molar-refractivity contribution is 6.38. The van der Waals surface area contributed by atoms with E-state index in [0.29, 0.717) is 19.5 Å². The predicted octanol–water partition coefficient (Wildman–Crippen LogP) is 2.18. The van der Waals surface area contributed by atoms with Crippen molar-refractivity contribution >= 4 is 41.4 Å². The van der Waals surface area contributed by atoms with Crippen molar-refractivity contribution in [3.05, 3.63) is 0 Å². The number of amides is 7. The Bertz CT molecular complexity index is 1430. The van der Waals surface area contributed by atoms with Gasteiger partial charge in [0.25, 0.3) is 5.91 Å². The van der Waals surface area contributed by atoms with Gasteiger partial charge in [-0.25, -0.2) is 4.79 Å². The van der Waals surface area contributed by atoms with E-state index >= 15 is 4.79 Å². The van der Waals surface area contributed by atoms with E-state index in [0.717, 1.165) is 44.9 Å². The minimum atomic E-state index is -1.12. The summed E-state index contributed by atoms with van der Waals surface area (Å²) in [6.07, 6.45) is 6.85. The van der Waals surface area contributed by atoms with E-state index in [2.05, 4.69) is 26.6 Å². The minimum absolute atomic E-state index is 0.00659. The zero-order valence-corrected chi connectivity index (χ0v) is 34.1. The van der Waals surface area contributed by atoms with Crippen LogP contribution in [0.2, 0.25) is 0 Å². The SMILES string of the molecule is CCCC(NC(=O)[C@@H]1CC2(CN1C(=O)[C@@H](NC(=O)[C@@H](NC(=O)NC(C)(C)C)C1CCCCC1)C(C)(C)C)N(CC)CC(=O)N2CC)C(=O)C(=O)NC1CC1. The van der Waals surface area contributed by atoms with Crippen molar-refractivity contribution in [1.29, 1.82) is 0 Å². The molecular formula is C39H66N8O7. The Morgan fingerprint density at radius 2 is 1.50 bits per heavy atom. The molecule has 0 aromatic rings. The summed E-state index contributed by atoms with van der Waals surface area (Å²) in [5.74, 6) is -3.30. The third-order valence-corrected chi connectivity index (χ3v) is 11.2. The molecule has 0 aromatic heterocycles. The maximum Gasteiger partial charge on any atom is 0.315 e. The van der Waals surface area contributed by atoms with Crippen LogP contribution in [0.1, 0.15) is 127 Å². The number of likely N-dealkylation sites (N-methyl/N-ethyl adjacent to an activating group) is 2. The molecule has 4 aliphatic rings. The maximum absolute atomic E-state index is 15.0. The topological polar surface area (TPSA) is 189 Å². The van der Waals surface area contributed by atoms with Crippen LogP contribution in [-0.2, 0) is 28.8 Å². The normalized spacial score (nSPS) is 24.2. The van der Waals surface area contributed by atoms with Crippen molar-refractivity contribution in [3.63, 3.8) is 0 Å². The number of carbonyl (C=O) groups is 7. The molecular weight excluding hydrogens is 692 g/mol. The molecule has 54 heavy (non-hydrogen) atoms. The molecule has 5 atom stereocenters. The van der Waals surface area contributed by atoms with Gasteiger partial charge in [-0.15, -0.1) is 0 Å². The molecule has 15 nitrogen and oxygen atoms in total. The zero-order valence-electron chi connectivity index (χ0n) is 34.1. The van der Waals surface area contributed by atoms with Gasteiger partial charge in [0.15, 0.2) is 0 Å². The number of nitrogens with one attached hydrogen (secondary N) is 5. The van der Waals surface area contributed by atoms with Gasteiger partial charge < -0.3 is 36.4 Å². The smallest absolute Gasteiger partial charge is 0.315 e. The van der Waals surface area contributed by atoms with E-state index in [1.165, 1.54) is 4.90 Å². The van der Waals surface area contributed by atoms with E-state index in [1.54, 1.807) is 4.90 Å². The van der Waals surface area contributed by atoms with Gasteiger partial charge in [0, 0.05) is 24.5 Å². The fourth-order valence-electron chi connectivity index (χ4n) is 8.33. The number of Topliss-reactive ketones (excluding diaryl/α,β-unsaturated/α-hetero) is 1. The van der Waals surface area contributed by atoms with Gasteiger partial charge in [-0.2, -0.15) is 0 Å². The average Bonchev–Trinajstić information content (AvgIpc) is 3.76. The van der Waals surface area contributed by atoms with Crippen molar-refractivity contribution in [2.75, 3.05) is 26.2 Å². The summed E-state index contributed by atoms with van der Waals surface area (Å²) in [6.45, 7) is 17.7. The second kappa shape index (κ2) is 17.4. The molecule has 304 valence electrons. The lowest BCUT2D eigenvalue weighted by Crippen LogP contribution is -2.63. The van der Waals surface area contributed by atoms with Crippen LogP contribution >= 0.6 is 0 Å². The number of hydrogen-bond acceptors (Lipinski definition) is 8. The summed E-state index contributed by atoms with van der Waals surface area (Å²) in [7, 11) is 0. The lowest BCUT2D eigenvalue weighted by atomic mass is 9.82. The predicted molar refractivity (Wildman–Crippen MR) is 204 cm³/mol. The first-order valence-corrected chi connectivity index (χ1v) is 20.2. The van der Waals surface area contributed by atoms with Gasteiger partial charge in [0.1, 0.15) is 23.8 Å². The fourth-order valence-corrected chi connectivity index (χ4v) is 8.33. The molecule has 4 rings (SSSR count). The molecule has 7 amide bonds. The third-order valence-electron chi connectivity index (χ3n) is 11.2. The Morgan fingerprint density at radius 1 is 0.852 bits per heavy atom. The first-order valence-electron chi connectivity index (χ1n) is 20.2. The summed E-state index contributed by atoms with van der Waals surface area (Å²) < 4.78 is 0. The van der Waals surface area contributed by atoms with Crippen LogP contribution in [0.25, 0.3) is 0 Å².